The molecule has 1 heterocycles. The Bertz CT molecular complexity index is 600. The van der Waals surface area contributed by atoms with Crippen LogP contribution in [-0.2, 0) is 6.42 Å². The van der Waals surface area contributed by atoms with Crippen molar-refractivity contribution in [2.45, 2.75) is 12.5 Å². The number of rotatable bonds is 3. The fraction of sp³-hybridized carbons (Fsp3) is 0.200. The zero-order valence-electron chi connectivity index (χ0n) is 10.6. The van der Waals surface area contributed by atoms with Gasteiger partial charge in [0.2, 0.25) is 0 Å². The molecule has 3 rings (SSSR count). The molecule has 0 saturated carbocycles. The first-order valence-electron chi connectivity index (χ1n) is 6.25. The van der Waals surface area contributed by atoms with E-state index in [2.05, 4.69) is 22.0 Å². The van der Waals surface area contributed by atoms with Gasteiger partial charge in [0.15, 0.2) is 5.75 Å². The van der Waals surface area contributed by atoms with E-state index in [0.717, 1.165) is 16.6 Å². The van der Waals surface area contributed by atoms with Gasteiger partial charge in [0.05, 0.1) is 10.2 Å². The SMILES string of the molecule is Nc1cc(Cl)cc(Br)c1OCC1Cc2ccccc2O1. The summed E-state index contributed by atoms with van der Waals surface area (Å²) < 4.78 is 12.4. The van der Waals surface area contributed by atoms with Crippen molar-refractivity contribution >= 4 is 33.2 Å². The van der Waals surface area contributed by atoms with Gasteiger partial charge < -0.3 is 15.2 Å². The molecule has 0 spiro atoms. The molecule has 2 N–H and O–H groups in total. The first kappa shape index (κ1) is 13.6. The third-order valence-electron chi connectivity index (χ3n) is 3.16. The molecule has 0 aromatic heterocycles. The predicted molar refractivity (Wildman–Crippen MR) is 83.6 cm³/mol. The number of anilines is 1. The van der Waals surface area contributed by atoms with E-state index in [1.807, 2.05) is 18.2 Å². The Kier molecular flexibility index (Phi) is 3.76. The van der Waals surface area contributed by atoms with Gasteiger partial charge in [-0.2, -0.15) is 0 Å². The van der Waals surface area contributed by atoms with Gasteiger partial charge in [-0.05, 0) is 39.7 Å². The lowest BCUT2D eigenvalue weighted by Crippen LogP contribution is -2.22. The van der Waals surface area contributed by atoms with Gasteiger partial charge >= 0.3 is 0 Å². The molecule has 1 aliphatic heterocycles. The zero-order valence-corrected chi connectivity index (χ0v) is 12.9. The normalized spacial score (nSPS) is 16.6. The van der Waals surface area contributed by atoms with Crippen molar-refractivity contribution in [3.63, 3.8) is 0 Å². The van der Waals surface area contributed by atoms with E-state index in [0.29, 0.717) is 23.1 Å². The summed E-state index contributed by atoms with van der Waals surface area (Å²) in [6, 6.07) is 11.5. The molecule has 0 saturated heterocycles. The largest absolute Gasteiger partial charge is 0.486 e. The standard InChI is InChI=1S/C15H13BrClNO2/c16-12-6-10(17)7-13(18)15(12)19-8-11-5-9-3-1-2-4-14(9)20-11/h1-4,6-7,11H,5,8,18H2. The summed E-state index contributed by atoms with van der Waals surface area (Å²) in [4.78, 5) is 0. The first-order chi connectivity index (χ1) is 9.63. The monoisotopic (exact) mass is 353 g/mol. The molecular formula is C15H13BrClNO2. The van der Waals surface area contributed by atoms with E-state index < -0.39 is 0 Å². The van der Waals surface area contributed by atoms with E-state index in [1.165, 1.54) is 5.56 Å². The van der Waals surface area contributed by atoms with Crippen molar-refractivity contribution in [3.8, 4) is 11.5 Å². The van der Waals surface area contributed by atoms with Crippen LogP contribution in [0.3, 0.4) is 0 Å². The Hall–Kier alpha value is -1.39. The van der Waals surface area contributed by atoms with E-state index in [9.17, 15) is 0 Å². The van der Waals surface area contributed by atoms with Crippen molar-refractivity contribution in [2.24, 2.45) is 0 Å². The number of hydrogen-bond donors (Lipinski definition) is 1. The molecule has 2 aromatic carbocycles. The number of para-hydroxylation sites is 1. The van der Waals surface area contributed by atoms with Crippen molar-refractivity contribution < 1.29 is 9.47 Å². The Balaban J connectivity index is 1.67. The van der Waals surface area contributed by atoms with Crippen LogP contribution < -0.4 is 15.2 Å². The molecule has 0 radical (unpaired) electrons. The summed E-state index contributed by atoms with van der Waals surface area (Å²) >= 11 is 9.33. The summed E-state index contributed by atoms with van der Waals surface area (Å²) in [6.45, 7) is 0.444. The lowest BCUT2D eigenvalue weighted by Gasteiger charge is -2.15. The number of halogens is 2. The molecule has 1 atom stereocenters. The second-order valence-corrected chi connectivity index (χ2v) is 5.96. The van der Waals surface area contributed by atoms with Crippen LogP contribution in [0, 0.1) is 0 Å². The lowest BCUT2D eigenvalue weighted by molar-refractivity contribution is 0.148. The van der Waals surface area contributed by atoms with E-state index in [4.69, 9.17) is 26.8 Å². The van der Waals surface area contributed by atoms with Crippen LogP contribution in [-0.4, -0.2) is 12.7 Å². The minimum Gasteiger partial charge on any atom is -0.486 e. The van der Waals surface area contributed by atoms with Gasteiger partial charge in [0, 0.05) is 11.4 Å². The topological polar surface area (TPSA) is 44.5 Å². The van der Waals surface area contributed by atoms with Gasteiger partial charge in [-0.15, -0.1) is 0 Å². The van der Waals surface area contributed by atoms with Gasteiger partial charge in [0.25, 0.3) is 0 Å². The molecule has 5 heteroatoms. The van der Waals surface area contributed by atoms with Crippen molar-refractivity contribution in [1.29, 1.82) is 0 Å². The highest BCUT2D eigenvalue weighted by Gasteiger charge is 2.23. The maximum Gasteiger partial charge on any atom is 0.156 e. The summed E-state index contributed by atoms with van der Waals surface area (Å²) in [6.07, 6.45) is 0.857. The van der Waals surface area contributed by atoms with Crippen molar-refractivity contribution in [3.05, 3.63) is 51.5 Å². The summed E-state index contributed by atoms with van der Waals surface area (Å²) in [5.41, 5.74) is 7.64. The average molecular weight is 355 g/mol. The lowest BCUT2D eigenvalue weighted by atomic mass is 10.1. The van der Waals surface area contributed by atoms with Gasteiger partial charge in [0.1, 0.15) is 18.5 Å². The van der Waals surface area contributed by atoms with Crippen LogP contribution in [0.4, 0.5) is 5.69 Å². The van der Waals surface area contributed by atoms with Crippen molar-refractivity contribution in [1.82, 2.24) is 0 Å². The van der Waals surface area contributed by atoms with Crippen LogP contribution in [0.1, 0.15) is 5.56 Å². The smallest absolute Gasteiger partial charge is 0.156 e. The van der Waals surface area contributed by atoms with Crippen LogP contribution in [0.2, 0.25) is 5.02 Å². The highest BCUT2D eigenvalue weighted by molar-refractivity contribution is 9.10. The molecule has 0 bridgehead atoms. The Labute approximate surface area is 130 Å². The molecule has 20 heavy (non-hydrogen) atoms. The molecule has 1 aliphatic rings. The maximum absolute atomic E-state index is 5.92. The van der Waals surface area contributed by atoms with Crippen LogP contribution in [0.25, 0.3) is 0 Å². The quantitative estimate of drug-likeness (QED) is 0.845. The summed E-state index contributed by atoms with van der Waals surface area (Å²) in [5.74, 6) is 1.54. The second-order valence-electron chi connectivity index (χ2n) is 4.67. The minimum atomic E-state index is 0.00868. The zero-order chi connectivity index (χ0) is 14.1. The third-order valence-corrected chi connectivity index (χ3v) is 3.97. The molecule has 0 aliphatic carbocycles. The molecule has 0 fully saturated rings. The predicted octanol–water partition coefficient (Wildman–Crippen LogP) is 4.07. The molecule has 2 aromatic rings. The number of nitrogen functional groups attached to an aromatic ring is 1. The summed E-state index contributed by atoms with van der Waals surface area (Å²) in [7, 11) is 0. The Morgan fingerprint density at radius 3 is 2.90 bits per heavy atom. The number of benzene rings is 2. The second kappa shape index (κ2) is 5.54. The van der Waals surface area contributed by atoms with Crippen LogP contribution in [0.15, 0.2) is 40.9 Å². The fourth-order valence-corrected chi connectivity index (χ4v) is 3.20. The molecular weight excluding hydrogens is 342 g/mol. The van der Waals surface area contributed by atoms with Crippen molar-refractivity contribution in [2.75, 3.05) is 12.3 Å². The summed E-state index contributed by atoms with van der Waals surface area (Å²) in [5, 5.41) is 0.575. The highest BCUT2D eigenvalue weighted by Crippen LogP contribution is 2.35. The Morgan fingerprint density at radius 2 is 2.15 bits per heavy atom. The van der Waals surface area contributed by atoms with E-state index in [-0.39, 0.29) is 6.10 Å². The first-order valence-corrected chi connectivity index (χ1v) is 7.42. The average Bonchev–Trinajstić information content (AvgIpc) is 2.80. The molecule has 1 unspecified atom stereocenters. The highest BCUT2D eigenvalue weighted by atomic mass is 79.9. The number of nitrogens with two attached hydrogens (primary N) is 1. The minimum absolute atomic E-state index is 0.00868. The molecule has 104 valence electrons. The third kappa shape index (κ3) is 2.72. The Morgan fingerprint density at radius 1 is 1.35 bits per heavy atom. The van der Waals surface area contributed by atoms with Gasteiger partial charge in [-0.1, -0.05) is 29.8 Å². The number of fused-ring (bicyclic) bond motifs is 1. The molecule has 3 nitrogen and oxygen atoms in total. The fourth-order valence-electron chi connectivity index (χ4n) is 2.26. The molecule has 0 amide bonds. The number of hydrogen-bond acceptors (Lipinski definition) is 3. The number of ether oxygens (including phenoxy) is 2. The van der Waals surface area contributed by atoms with Crippen LogP contribution in [0.5, 0.6) is 11.5 Å². The van der Waals surface area contributed by atoms with E-state index >= 15 is 0 Å². The van der Waals surface area contributed by atoms with E-state index in [1.54, 1.807) is 12.1 Å². The maximum atomic E-state index is 5.92. The van der Waals surface area contributed by atoms with Gasteiger partial charge in [-0.25, -0.2) is 0 Å². The van der Waals surface area contributed by atoms with Crippen LogP contribution >= 0.6 is 27.5 Å². The van der Waals surface area contributed by atoms with Gasteiger partial charge in [-0.3, -0.25) is 0 Å².